The van der Waals surface area contributed by atoms with Gasteiger partial charge in [-0.3, -0.25) is 14.5 Å². The lowest BCUT2D eigenvalue weighted by Gasteiger charge is -2.27. The number of aliphatic hydroxyl groups excluding tert-OH is 1. The molecule has 0 aliphatic carbocycles. The van der Waals surface area contributed by atoms with E-state index in [1.807, 2.05) is 95.3 Å². The second kappa shape index (κ2) is 9.79. The van der Waals surface area contributed by atoms with Crippen molar-refractivity contribution in [1.82, 2.24) is 0 Å². The van der Waals surface area contributed by atoms with E-state index in [0.29, 0.717) is 17.9 Å². The molecular formula is C30H31NO4. The molecule has 0 aromatic heterocycles. The number of aryl methyl sites for hydroxylation is 2. The molecule has 1 N–H and O–H groups in total. The number of amides is 1. The van der Waals surface area contributed by atoms with E-state index in [-0.39, 0.29) is 17.3 Å². The number of para-hydroxylation sites is 1. The first-order chi connectivity index (χ1) is 16.7. The molecule has 3 aromatic carbocycles. The molecule has 1 amide bonds. The fraction of sp³-hybridized carbons (Fsp3) is 0.267. The van der Waals surface area contributed by atoms with Gasteiger partial charge in [-0.1, -0.05) is 61.9 Å². The van der Waals surface area contributed by atoms with Gasteiger partial charge >= 0.3 is 0 Å². The van der Waals surface area contributed by atoms with Crippen molar-refractivity contribution >= 4 is 23.1 Å². The summed E-state index contributed by atoms with van der Waals surface area (Å²) in [6.07, 6.45) is 0. The summed E-state index contributed by atoms with van der Waals surface area (Å²) in [6, 6.07) is 19.8. The molecule has 1 atom stereocenters. The van der Waals surface area contributed by atoms with E-state index >= 15 is 0 Å². The topological polar surface area (TPSA) is 66.8 Å². The third-order valence-corrected chi connectivity index (χ3v) is 6.38. The van der Waals surface area contributed by atoms with Crippen molar-refractivity contribution in [1.29, 1.82) is 0 Å². The van der Waals surface area contributed by atoms with E-state index in [1.54, 1.807) is 6.07 Å². The van der Waals surface area contributed by atoms with Crippen molar-refractivity contribution in [3.8, 4) is 5.75 Å². The highest BCUT2D eigenvalue weighted by Gasteiger charge is 2.47. The van der Waals surface area contributed by atoms with Gasteiger partial charge in [-0.2, -0.15) is 0 Å². The number of ketones is 1. The maximum Gasteiger partial charge on any atom is 0.300 e. The number of carbonyl (C=O) groups is 2. The van der Waals surface area contributed by atoms with Crippen LogP contribution in [0.1, 0.15) is 60.5 Å². The Morgan fingerprint density at radius 1 is 1.00 bits per heavy atom. The van der Waals surface area contributed by atoms with Crippen LogP contribution in [0, 0.1) is 13.8 Å². The molecule has 3 aromatic rings. The molecule has 0 saturated carbocycles. The van der Waals surface area contributed by atoms with Gasteiger partial charge in [0.2, 0.25) is 0 Å². The number of hydrogen-bond acceptors (Lipinski definition) is 4. The van der Waals surface area contributed by atoms with E-state index in [0.717, 1.165) is 28.0 Å². The zero-order chi connectivity index (χ0) is 25.3. The molecule has 35 heavy (non-hydrogen) atoms. The van der Waals surface area contributed by atoms with Crippen molar-refractivity contribution in [3.63, 3.8) is 0 Å². The van der Waals surface area contributed by atoms with Crippen LogP contribution in [0.4, 0.5) is 5.69 Å². The Bertz CT molecular complexity index is 1320. The molecule has 1 aliphatic heterocycles. The molecule has 1 heterocycles. The number of ether oxygens (including phenoxy) is 1. The Morgan fingerprint density at radius 3 is 2.40 bits per heavy atom. The summed E-state index contributed by atoms with van der Waals surface area (Å²) in [6.45, 7) is 10.4. The summed E-state index contributed by atoms with van der Waals surface area (Å²) in [5.74, 6) is -0.642. The predicted octanol–water partition coefficient (Wildman–Crippen LogP) is 6.45. The fourth-order valence-corrected chi connectivity index (χ4v) is 4.66. The minimum atomic E-state index is -0.745. The Hall–Kier alpha value is -3.86. The number of benzene rings is 3. The zero-order valence-electron chi connectivity index (χ0n) is 20.8. The molecule has 1 unspecified atom stereocenters. The third kappa shape index (κ3) is 4.46. The Morgan fingerprint density at radius 2 is 1.74 bits per heavy atom. The minimum Gasteiger partial charge on any atom is -0.507 e. The highest BCUT2D eigenvalue weighted by atomic mass is 16.5. The molecule has 5 heteroatoms. The molecule has 5 nitrogen and oxygen atoms in total. The lowest BCUT2D eigenvalue weighted by Crippen LogP contribution is -2.30. The van der Waals surface area contributed by atoms with Gasteiger partial charge in [0.25, 0.3) is 11.7 Å². The first-order valence-corrected chi connectivity index (χ1v) is 11.9. The van der Waals surface area contributed by atoms with Crippen LogP contribution in [0.3, 0.4) is 0 Å². The quantitative estimate of drug-likeness (QED) is 0.256. The number of hydrogen-bond donors (Lipinski definition) is 1. The highest BCUT2D eigenvalue weighted by Crippen LogP contribution is 2.43. The SMILES string of the molecule is CCOc1ccc(/C(O)=C2/C(=O)C(=O)N(c3ccccc3C)C2c2cccc(C)c2)cc1C(C)C. The molecule has 1 aliphatic rings. The molecule has 0 radical (unpaired) electrons. The number of nitrogens with zero attached hydrogens (tertiary/aromatic N) is 1. The lowest BCUT2D eigenvalue weighted by molar-refractivity contribution is -0.132. The van der Waals surface area contributed by atoms with Crippen LogP contribution < -0.4 is 9.64 Å². The average molecular weight is 470 g/mol. The normalized spacial score (nSPS) is 17.3. The monoisotopic (exact) mass is 469 g/mol. The summed E-state index contributed by atoms with van der Waals surface area (Å²) in [7, 11) is 0. The van der Waals surface area contributed by atoms with Gasteiger partial charge in [-0.15, -0.1) is 0 Å². The zero-order valence-corrected chi connectivity index (χ0v) is 20.8. The van der Waals surface area contributed by atoms with Gasteiger partial charge in [0, 0.05) is 11.3 Å². The predicted molar refractivity (Wildman–Crippen MR) is 139 cm³/mol. The van der Waals surface area contributed by atoms with Crippen LogP contribution in [0.5, 0.6) is 5.75 Å². The second-order valence-electron chi connectivity index (χ2n) is 9.21. The van der Waals surface area contributed by atoms with E-state index in [2.05, 4.69) is 0 Å². The van der Waals surface area contributed by atoms with Gasteiger partial charge in [-0.25, -0.2) is 0 Å². The summed E-state index contributed by atoms with van der Waals surface area (Å²) in [4.78, 5) is 28.3. The Kier molecular flexibility index (Phi) is 6.79. The van der Waals surface area contributed by atoms with Gasteiger partial charge in [-0.05, 0) is 67.6 Å². The molecule has 0 spiro atoms. The van der Waals surface area contributed by atoms with Crippen molar-refractivity contribution < 1.29 is 19.4 Å². The summed E-state index contributed by atoms with van der Waals surface area (Å²) in [5, 5.41) is 11.5. The van der Waals surface area contributed by atoms with E-state index in [9.17, 15) is 14.7 Å². The van der Waals surface area contributed by atoms with Crippen LogP contribution in [-0.2, 0) is 9.59 Å². The van der Waals surface area contributed by atoms with Gasteiger partial charge in [0.1, 0.15) is 11.5 Å². The summed E-state index contributed by atoms with van der Waals surface area (Å²) >= 11 is 0. The standard InChI is InChI=1S/C30H31NO4/c1-6-35-25-15-14-22(17-23(25)18(2)3)28(32)26-27(21-12-9-10-19(4)16-21)31(30(34)29(26)33)24-13-8-7-11-20(24)5/h7-18,27,32H,6H2,1-5H3/b28-26-. The largest absolute Gasteiger partial charge is 0.507 e. The van der Waals surface area contributed by atoms with Crippen molar-refractivity contribution in [2.24, 2.45) is 0 Å². The summed E-state index contributed by atoms with van der Waals surface area (Å²) < 4.78 is 5.76. The third-order valence-electron chi connectivity index (χ3n) is 6.38. The maximum atomic E-state index is 13.4. The smallest absolute Gasteiger partial charge is 0.300 e. The van der Waals surface area contributed by atoms with Crippen LogP contribution in [0.2, 0.25) is 0 Å². The molecular weight excluding hydrogens is 438 g/mol. The molecule has 4 rings (SSSR count). The van der Waals surface area contributed by atoms with E-state index in [4.69, 9.17) is 4.74 Å². The Labute approximate surface area is 206 Å². The van der Waals surface area contributed by atoms with Gasteiger partial charge in [0.15, 0.2) is 0 Å². The number of anilines is 1. The Balaban J connectivity index is 1.95. The van der Waals surface area contributed by atoms with Crippen molar-refractivity contribution in [3.05, 3.63) is 100 Å². The highest BCUT2D eigenvalue weighted by molar-refractivity contribution is 6.51. The van der Waals surface area contributed by atoms with Gasteiger partial charge < -0.3 is 9.84 Å². The minimum absolute atomic E-state index is 0.0859. The first kappa shape index (κ1) is 24.3. The number of rotatable bonds is 6. The molecule has 1 fully saturated rings. The van der Waals surface area contributed by atoms with Crippen molar-refractivity contribution in [2.45, 2.75) is 46.6 Å². The van der Waals surface area contributed by atoms with Crippen LogP contribution in [0.25, 0.3) is 5.76 Å². The van der Waals surface area contributed by atoms with E-state index in [1.165, 1.54) is 4.90 Å². The molecule has 180 valence electrons. The molecule has 0 bridgehead atoms. The summed E-state index contributed by atoms with van der Waals surface area (Å²) in [5.41, 5.74) is 4.78. The van der Waals surface area contributed by atoms with Crippen LogP contribution in [-0.4, -0.2) is 23.4 Å². The average Bonchev–Trinajstić information content (AvgIpc) is 3.09. The van der Waals surface area contributed by atoms with E-state index < -0.39 is 17.7 Å². The number of Topliss-reactive ketones (excluding diaryl/α,β-unsaturated/α-hetero) is 1. The number of carbonyl (C=O) groups excluding carboxylic acids is 2. The fourth-order valence-electron chi connectivity index (χ4n) is 4.66. The van der Waals surface area contributed by atoms with Crippen LogP contribution in [0.15, 0.2) is 72.3 Å². The van der Waals surface area contributed by atoms with Gasteiger partial charge in [0.05, 0.1) is 18.2 Å². The van der Waals surface area contributed by atoms with Crippen molar-refractivity contribution in [2.75, 3.05) is 11.5 Å². The lowest BCUT2D eigenvalue weighted by atomic mass is 9.92. The first-order valence-electron chi connectivity index (χ1n) is 11.9. The molecule has 1 saturated heterocycles. The number of aliphatic hydroxyl groups is 1. The van der Waals surface area contributed by atoms with Crippen LogP contribution >= 0.6 is 0 Å². The maximum absolute atomic E-state index is 13.4. The second-order valence-corrected chi connectivity index (χ2v) is 9.21.